The Labute approximate surface area is 146 Å². The maximum atomic E-state index is 12.4. The van der Waals surface area contributed by atoms with Crippen LogP contribution < -0.4 is 5.32 Å². The number of nitrogens with zero attached hydrogens (tertiary/aromatic N) is 1. The van der Waals surface area contributed by atoms with E-state index in [1.54, 1.807) is 12.1 Å². The number of carbonyl (C=O) groups excluding carboxylic acids is 2. The van der Waals surface area contributed by atoms with Crippen molar-refractivity contribution in [3.63, 3.8) is 0 Å². The van der Waals surface area contributed by atoms with E-state index in [1.165, 1.54) is 14.0 Å². The Morgan fingerprint density at radius 1 is 1.20 bits per heavy atom. The lowest BCUT2D eigenvalue weighted by Gasteiger charge is -2.18. The summed E-state index contributed by atoms with van der Waals surface area (Å²) in [5.74, 6) is -0.970. The predicted octanol–water partition coefficient (Wildman–Crippen LogP) is 3.80. The van der Waals surface area contributed by atoms with E-state index in [4.69, 9.17) is 4.42 Å². The number of nitriles is 1. The zero-order chi connectivity index (χ0) is 18.8. The van der Waals surface area contributed by atoms with Gasteiger partial charge in [-0.2, -0.15) is 5.26 Å². The molecule has 0 spiro atoms. The van der Waals surface area contributed by atoms with Crippen LogP contribution in [0, 0.1) is 18.3 Å². The summed E-state index contributed by atoms with van der Waals surface area (Å²) >= 11 is 0. The topological polar surface area (TPSA) is 92.3 Å². The second kappa shape index (κ2) is 6.81. The number of methoxy groups -OCH3 is 1. The molecule has 130 valence electrons. The Balaban J connectivity index is 2.30. The molecule has 0 bridgehead atoms. The van der Waals surface area contributed by atoms with Gasteiger partial charge in [0.15, 0.2) is 0 Å². The van der Waals surface area contributed by atoms with Crippen molar-refractivity contribution >= 4 is 17.8 Å². The molecule has 0 atom stereocenters. The maximum Gasteiger partial charge on any atom is 0.342 e. The van der Waals surface area contributed by atoms with Gasteiger partial charge in [0, 0.05) is 5.56 Å². The van der Waals surface area contributed by atoms with Gasteiger partial charge in [-0.25, -0.2) is 4.79 Å². The fourth-order valence-corrected chi connectivity index (χ4v) is 2.38. The number of hydrogen-bond acceptors (Lipinski definition) is 5. The van der Waals surface area contributed by atoms with E-state index >= 15 is 0 Å². The third kappa shape index (κ3) is 3.72. The van der Waals surface area contributed by atoms with Crippen LogP contribution >= 0.6 is 0 Å². The van der Waals surface area contributed by atoms with Crippen molar-refractivity contribution in [2.24, 2.45) is 0 Å². The van der Waals surface area contributed by atoms with Gasteiger partial charge in [-0.1, -0.05) is 32.9 Å². The summed E-state index contributed by atoms with van der Waals surface area (Å²) in [6.07, 6.45) is 0. The molecule has 0 saturated carbocycles. The van der Waals surface area contributed by atoms with Crippen LogP contribution in [0.5, 0.6) is 0 Å². The number of nitrogens with one attached hydrogen (secondary N) is 1. The highest BCUT2D eigenvalue weighted by Gasteiger charge is 2.25. The minimum atomic E-state index is -0.687. The van der Waals surface area contributed by atoms with Crippen LogP contribution in [0.4, 0.5) is 5.88 Å². The van der Waals surface area contributed by atoms with Gasteiger partial charge in [-0.3, -0.25) is 10.1 Å². The molecule has 2 aromatic rings. The van der Waals surface area contributed by atoms with E-state index < -0.39 is 11.9 Å². The molecular weight excluding hydrogens is 320 g/mol. The average molecular weight is 340 g/mol. The number of benzene rings is 1. The predicted molar refractivity (Wildman–Crippen MR) is 92.6 cm³/mol. The summed E-state index contributed by atoms with van der Waals surface area (Å²) in [7, 11) is 1.21. The van der Waals surface area contributed by atoms with Gasteiger partial charge in [0.1, 0.15) is 23.0 Å². The highest BCUT2D eigenvalue weighted by Crippen LogP contribution is 2.28. The number of anilines is 1. The Kier molecular flexibility index (Phi) is 4.98. The summed E-state index contributed by atoms with van der Waals surface area (Å²) in [6.45, 7) is 7.78. The highest BCUT2D eigenvalue weighted by molar-refractivity contribution is 6.05. The molecule has 0 unspecified atom stereocenters. The Bertz CT molecular complexity index is 849. The Hall–Kier alpha value is -3.07. The third-order valence-electron chi connectivity index (χ3n) is 3.83. The van der Waals surface area contributed by atoms with Crippen LogP contribution in [0.25, 0.3) is 0 Å². The number of amides is 1. The largest absolute Gasteiger partial charge is 0.465 e. The molecular formula is C19H20N2O4. The quantitative estimate of drug-likeness (QED) is 0.858. The first-order chi connectivity index (χ1) is 11.7. The zero-order valence-corrected chi connectivity index (χ0v) is 14.9. The molecule has 2 rings (SSSR count). The SMILES string of the molecule is COC(=O)c1c(C)oc(NC(=O)c2ccc(C(C)(C)C)cc2)c1C#N. The van der Waals surface area contributed by atoms with Crippen LogP contribution in [-0.2, 0) is 10.2 Å². The van der Waals surface area contributed by atoms with Crippen molar-refractivity contribution < 1.29 is 18.7 Å². The summed E-state index contributed by atoms with van der Waals surface area (Å²) in [6, 6.07) is 9.06. The molecule has 25 heavy (non-hydrogen) atoms. The van der Waals surface area contributed by atoms with Gasteiger partial charge in [-0.05, 0) is 30.0 Å². The molecule has 1 N–H and O–H groups in total. The number of ether oxygens (including phenoxy) is 1. The third-order valence-corrected chi connectivity index (χ3v) is 3.83. The van der Waals surface area contributed by atoms with Gasteiger partial charge in [-0.15, -0.1) is 0 Å². The summed E-state index contributed by atoms with van der Waals surface area (Å²) in [5.41, 5.74) is 1.47. The van der Waals surface area contributed by atoms with Crippen molar-refractivity contribution in [1.82, 2.24) is 0 Å². The van der Waals surface area contributed by atoms with E-state index in [-0.39, 0.29) is 28.2 Å². The maximum absolute atomic E-state index is 12.4. The van der Waals surface area contributed by atoms with Crippen LogP contribution in [0.15, 0.2) is 28.7 Å². The van der Waals surface area contributed by atoms with Crippen molar-refractivity contribution in [2.45, 2.75) is 33.1 Å². The second-order valence-electron chi connectivity index (χ2n) is 6.62. The Morgan fingerprint density at radius 2 is 1.80 bits per heavy atom. The summed E-state index contributed by atoms with van der Waals surface area (Å²) < 4.78 is 10.0. The van der Waals surface area contributed by atoms with E-state index in [9.17, 15) is 14.9 Å². The average Bonchev–Trinajstić information content (AvgIpc) is 2.88. The molecule has 0 fully saturated rings. The van der Waals surface area contributed by atoms with Crippen molar-refractivity contribution in [2.75, 3.05) is 12.4 Å². The molecule has 1 amide bonds. The lowest BCUT2D eigenvalue weighted by molar-refractivity contribution is 0.0598. The van der Waals surface area contributed by atoms with Gasteiger partial charge in [0.05, 0.1) is 7.11 Å². The number of carbonyl (C=O) groups is 2. The number of furan rings is 1. The van der Waals surface area contributed by atoms with E-state index in [0.717, 1.165) is 5.56 Å². The number of rotatable bonds is 3. The fraction of sp³-hybridized carbons (Fsp3) is 0.316. The number of esters is 1. The van der Waals surface area contributed by atoms with Crippen LogP contribution in [0.3, 0.4) is 0 Å². The lowest BCUT2D eigenvalue weighted by Crippen LogP contribution is -2.14. The standard InChI is InChI=1S/C19H20N2O4/c1-11-15(18(23)24-5)14(10-20)17(25-11)21-16(22)12-6-8-13(9-7-12)19(2,3)4/h6-9H,1-5H3,(H,21,22). The minimum Gasteiger partial charge on any atom is -0.465 e. The molecule has 0 aliphatic rings. The van der Waals surface area contributed by atoms with Crippen LogP contribution in [0.1, 0.15) is 58.4 Å². The molecule has 0 aliphatic heterocycles. The minimum absolute atomic E-state index is 0.0170. The van der Waals surface area contributed by atoms with Crippen LogP contribution in [-0.4, -0.2) is 19.0 Å². The molecule has 6 nitrogen and oxygen atoms in total. The van der Waals surface area contributed by atoms with E-state index in [1.807, 2.05) is 18.2 Å². The number of hydrogen-bond donors (Lipinski definition) is 1. The first-order valence-corrected chi connectivity index (χ1v) is 7.72. The van der Waals surface area contributed by atoms with Crippen molar-refractivity contribution in [1.29, 1.82) is 5.26 Å². The van der Waals surface area contributed by atoms with Gasteiger partial charge in [0.2, 0.25) is 5.88 Å². The molecule has 0 saturated heterocycles. The molecule has 1 aromatic heterocycles. The van der Waals surface area contributed by atoms with Crippen molar-refractivity contribution in [3.05, 3.63) is 52.3 Å². The smallest absolute Gasteiger partial charge is 0.342 e. The first-order valence-electron chi connectivity index (χ1n) is 7.72. The zero-order valence-electron chi connectivity index (χ0n) is 14.9. The second-order valence-corrected chi connectivity index (χ2v) is 6.62. The monoisotopic (exact) mass is 340 g/mol. The molecule has 6 heteroatoms. The molecule has 1 heterocycles. The normalized spacial score (nSPS) is 10.9. The fourth-order valence-electron chi connectivity index (χ4n) is 2.38. The van der Waals surface area contributed by atoms with Gasteiger partial charge < -0.3 is 9.15 Å². The lowest BCUT2D eigenvalue weighted by atomic mass is 9.87. The molecule has 0 radical (unpaired) electrons. The highest BCUT2D eigenvalue weighted by atomic mass is 16.5. The summed E-state index contributed by atoms with van der Waals surface area (Å²) in [4.78, 5) is 24.2. The van der Waals surface area contributed by atoms with Crippen molar-refractivity contribution in [3.8, 4) is 6.07 Å². The number of aryl methyl sites for hydroxylation is 1. The Morgan fingerprint density at radius 3 is 2.28 bits per heavy atom. The molecule has 0 aliphatic carbocycles. The van der Waals surface area contributed by atoms with Gasteiger partial charge >= 0.3 is 5.97 Å². The molecule has 1 aromatic carbocycles. The van der Waals surface area contributed by atoms with Gasteiger partial charge in [0.25, 0.3) is 5.91 Å². The summed E-state index contributed by atoms with van der Waals surface area (Å²) in [5, 5.41) is 11.8. The van der Waals surface area contributed by atoms with E-state index in [0.29, 0.717) is 5.56 Å². The van der Waals surface area contributed by atoms with E-state index in [2.05, 4.69) is 30.8 Å². The first kappa shape index (κ1) is 18.3. The van der Waals surface area contributed by atoms with Crippen LogP contribution in [0.2, 0.25) is 0 Å².